The van der Waals surface area contributed by atoms with E-state index in [1.54, 1.807) is 13.2 Å². The Morgan fingerprint density at radius 1 is 1.25 bits per heavy atom. The van der Waals surface area contributed by atoms with Gasteiger partial charge in [-0.3, -0.25) is 4.79 Å². The number of ether oxygens (including phenoxy) is 1. The molecule has 0 spiro atoms. The number of hydrogen-bond donors (Lipinski definition) is 4. The zero-order valence-corrected chi connectivity index (χ0v) is 12.8. The van der Waals surface area contributed by atoms with E-state index in [0.29, 0.717) is 17.0 Å². The smallest absolute Gasteiger partial charge is 0.287 e. The Morgan fingerprint density at radius 3 is 2.83 bits per heavy atom. The number of aromatic nitrogens is 1. The number of methoxy groups -OCH3 is 1. The summed E-state index contributed by atoms with van der Waals surface area (Å²) in [6.45, 7) is 0. The topological polar surface area (TPSA) is 107 Å². The molecule has 2 aromatic carbocycles. The van der Waals surface area contributed by atoms with Crippen LogP contribution in [-0.4, -0.2) is 34.4 Å². The van der Waals surface area contributed by atoms with Crippen LogP contribution in [0, 0.1) is 0 Å². The van der Waals surface area contributed by atoms with Gasteiger partial charge >= 0.3 is 0 Å². The highest BCUT2D eigenvalue weighted by molar-refractivity contribution is 6.00. The maximum Gasteiger partial charge on any atom is 0.287 e. The van der Waals surface area contributed by atoms with Gasteiger partial charge in [-0.25, -0.2) is 5.43 Å². The van der Waals surface area contributed by atoms with Gasteiger partial charge in [0.1, 0.15) is 22.9 Å². The second-order valence-electron chi connectivity index (χ2n) is 5.05. The third kappa shape index (κ3) is 3.00. The van der Waals surface area contributed by atoms with Crippen LogP contribution in [0.4, 0.5) is 0 Å². The highest BCUT2D eigenvalue weighted by atomic mass is 16.5. The number of fused-ring (bicyclic) bond motifs is 1. The van der Waals surface area contributed by atoms with E-state index < -0.39 is 5.91 Å². The number of carbonyl (C=O) groups is 1. The van der Waals surface area contributed by atoms with E-state index >= 15 is 0 Å². The Bertz CT molecular complexity index is 931. The Labute approximate surface area is 137 Å². The molecule has 0 aliphatic heterocycles. The highest BCUT2D eigenvalue weighted by Gasteiger charge is 2.11. The fourth-order valence-electron chi connectivity index (χ4n) is 2.29. The van der Waals surface area contributed by atoms with Crippen LogP contribution in [0.15, 0.2) is 47.6 Å². The fraction of sp³-hybridized carbons (Fsp3) is 0.0588. The first-order valence-electron chi connectivity index (χ1n) is 7.09. The van der Waals surface area contributed by atoms with E-state index in [1.807, 2.05) is 18.2 Å². The molecule has 3 rings (SSSR count). The minimum atomic E-state index is -0.428. The Balaban J connectivity index is 1.76. The lowest BCUT2D eigenvalue weighted by Gasteiger charge is -1.99. The zero-order valence-electron chi connectivity index (χ0n) is 12.8. The van der Waals surface area contributed by atoms with Gasteiger partial charge in [-0.1, -0.05) is 6.07 Å². The third-order valence-electron chi connectivity index (χ3n) is 3.47. The van der Waals surface area contributed by atoms with Gasteiger partial charge in [-0.2, -0.15) is 5.10 Å². The number of nitrogens with zero attached hydrogens (tertiary/aromatic N) is 1. The van der Waals surface area contributed by atoms with E-state index in [-0.39, 0.29) is 11.5 Å². The lowest BCUT2D eigenvalue weighted by atomic mass is 10.2. The number of rotatable bonds is 4. The average Bonchev–Trinajstić information content (AvgIpc) is 3.01. The standard InChI is InChI=1S/C17H15N3O4/c1-24-16-4-2-3-13-12(16)8-14(19-13)17(23)20-18-9-10-5-6-11(21)7-15(10)22/h2-9,19,21-22H,1H3,(H,20,23)/b18-9+. The third-order valence-corrected chi connectivity index (χ3v) is 3.47. The number of amides is 1. The maximum absolute atomic E-state index is 12.1. The van der Waals surface area contributed by atoms with Crippen molar-refractivity contribution in [3.8, 4) is 17.2 Å². The quantitative estimate of drug-likeness (QED) is 0.436. The first kappa shape index (κ1) is 15.4. The molecule has 1 heterocycles. The first-order chi connectivity index (χ1) is 11.6. The Hall–Kier alpha value is -3.48. The molecule has 0 radical (unpaired) electrons. The average molecular weight is 325 g/mol. The molecule has 0 saturated carbocycles. The molecule has 24 heavy (non-hydrogen) atoms. The van der Waals surface area contributed by atoms with Crippen molar-refractivity contribution in [1.29, 1.82) is 0 Å². The highest BCUT2D eigenvalue weighted by Crippen LogP contribution is 2.26. The molecule has 0 saturated heterocycles. The van der Waals surface area contributed by atoms with Gasteiger partial charge in [0.15, 0.2) is 0 Å². The molecule has 7 heteroatoms. The van der Waals surface area contributed by atoms with E-state index in [2.05, 4.69) is 15.5 Å². The van der Waals surface area contributed by atoms with Crippen molar-refractivity contribution in [2.75, 3.05) is 7.11 Å². The second-order valence-corrected chi connectivity index (χ2v) is 5.05. The molecule has 4 N–H and O–H groups in total. The van der Waals surface area contributed by atoms with Gasteiger partial charge in [-0.05, 0) is 30.3 Å². The molecule has 0 unspecified atom stereocenters. The van der Waals surface area contributed by atoms with Gasteiger partial charge in [0.25, 0.3) is 5.91 Å². The molecular formula is C17H15N3O4. The van der Waals surface area contributed by atoms with Crippen LogP contribution in [0.2, 0.25) is 0 Å². The normalized spacial score (nSPS) is 11.0. The zero-order chi connectivity index (χ0) is 17.1. The summed E-state index contributed by atoms with van der Waals surface area (Å²) < 4.78 is 5.25. The molecule has 0 aliphatic rings. The molecule has 3 aromatic rings. The van der Waals surface area contributed by atoms with E-state index in [0.717, 1.165) is 10.9 Å². The van der Waals surface area contributed by atoms with Crippen LogP contribution in [-0.2, 0) is 0 Å². The summed E-state index contributed by atoms with van der Waals surface area (Å²) in [6, 6.07) is 11.2. The van der Waals surface area contributed by atoms with Crippen molar-refractivity contribution in [1.82, 2.24) is 10.4 Å². The number of H-pyrrole nitrogens is 1. The van der Waals surface area contributed by atoms with Crippen molar-refractivity contribution in [2.24, 2.45) is 5.10 Å². The maximum atomic E-state index is 12.1. The van der Waals surface area contributed by atoms with Crippen LogP contribution in [0.1, 0.15) is 16.1 Å². The number of hydrazone groups is 1. The summed E-state index contributed by atoms with van der Waals surface area (Å²) in [4.78, 5) is 15.1. The van der Waals surface area contributed by atoms with Gasteiger partial charge in [0, 0.05) is 22.5 Å². The molecule has 0 aliphatic carbocycles. The minimum absolute atomic E-state index is 0.0549. The monoisotopic (exact) mass is 325 g/mol. The predicted molar refractivity (Wildman–Crippen MR) is 89.7 cm³/mol. The van der Waals surface area contributed by atoms with Crippen molar-refractivity contribution >= 4 is 23.0 Å². The Kier molecular flexibility index (Phi) is 4.07. The lowest BCUT2D eigenvalue weighted by molar-refractivity contribution is 0.0951. The molecule has 1 aromatic heterocycles. The van der Waals surface area contributed by atoms with Crippen molar-refractivity contribution in [2.45, 2.75) is 0 Å². The summed E-state index contributed by atoms with van der Waals surface area (Å²) >= 11 is 0. The van der Waals surface area contributed by atoms with Crippen LogP contribution < -0.4 is 10.2 Å². The number of phenols is 2. The van der Waals surface area contributed by atoms with Crippen LogP contribution >= 0.6 is 0 Å². The van der Waals surface area contributed by atoms with E-state index in [1.165, 1.54) is 24.4 Å². The minimum Gasteiger partial charge on any atom is -0.508 e. The predicted octanol–water partition coefficient (Wildman–Crippen LogP) is 2.35. The van der Waals surface area contributed by atoms with E-state index in [9.17, 15) is 15.0 Å². The summed E-state index contributed by atoms with van der Waals surface area (Å²) in [7, 11) is 1.57. The lowest BCUT2D eigenvalue weighted by Crippen LogP contribution is -2.17. The molecule has 0 bridgehead atoms. The number of phenolic OH excluding ortho intramolecular Hbond substituents is 2. The molecule has 0 atom stereocenters. The van der Waals surface area contributed by atoms with Crippen molar-refractivity contribution in [3.63, 3.8) is 0 Å². The largest absolute Gasteiger partial charge is 0.508 e. The number of benzene rings is 2. The summed E-state index contributed by atoms with van der Waals surface area (Å²) in [5.74, 6) is 0.0483. The molecule has 0 fully saturated rings. The fourth-order valence-corrected chi connectivity index (χ4v) is 2.29. The summed E-state index contributed by atoms with van der Waals surface area (Å²) in [5.41, 5.74) is 3.85. The number of hydrogen-bond acceptors (Lipinski definition) is 5. The van der Waals surface area contributed by atoms with Crippen molar-refractivity contribution < 1.29 is 19.7 Å². The number of aromatic amines is 1. The summed E-state index contributed by atoms with van der Waals surface area (Å²) in [6.07, 6.45) is 1.29. The van der Waals surface area contributed by atoms with Crippen LogP contribution in [0.3, 0.4) is 0 Å². The molecular weight excluding hydrogens is 310 g/mol. The number of carbonyl (C=O) groups excluding carboxylic acids is 1. The second kappa shape index (κ2) is 6.33. The van der Waals surface area contributed by atoms with Gasteiger partial charge in [0.2, 0.25) is 0 Å². The molecule has 7 nitrogen and oxygen atoms in total. The van der Waals surface area contributed by atoms with Gasteiger partial charge in [0.05, 0.1) is 13.3 Å². The van der Waals surface area contributed by atoms with Crippen LogP contribution in [0.25, 0.3) is 10.9 Å². The Morgan fingerprint density at radius 2 is 2.08 bits per heavy atom. The van der Waals surface area contributed by atoms with E-state index in [4.69, 9.17) is 4.74 Å². The van der Waals surface area contributed by atoms with Gasteiger partial charge < -0.3 is 19.9 Å². The summed E-state index contributed by atoms with van der Waals surface area (Å²) in [5, 5.41) is 23.5. The van der Waals surface area contributed by atoms with Gasteiger partial charge in [-0.15, -0.1) is 0 Å². The first-order valence-corrected chi connectivity index (χ1v) is 7.09. The SMILES string of the molecule is COc1cccc2[nH]c(C(=O)N/N=C/c3ccc(O)cc3O)cc12. The molecule has 122 valence electrons. The number of aromatic hydroxyl groups is 2. The van der Waals surface area contributed by atoms with Crippen molar-refractivity contribution in [3.05, 3.63) is 53.7 Å². The molecule has 1 amide bonds. The number of nitrogens with one attached hydrogen (secondary N) is 2. The van der Waals surface area contributed by atoms with Crippen LogP contribution in [0.5, 0.6) is 17.2 Å².